The van der Waals surface area contributed by atoms with Crippen molar-refractivity contribution in [1.29, 1.82) is 0 Å². The van der Waals surface area contributed by atoms with Gasteiger partial charge in [0.1, 0.15) is 61.0 Å². The Morgan fingerprint density at radius 1 is 0.667 bits per heavy atom. The zero-order valence-corrected chi connectivity index (χ0v) is 17.9. The molecule has 0 amide bonds. The van der Waals surface area contributed by atoms with Gasteiger partial charge in [-0.1, -0.05) is 0 Å². The largest absolute Gasteiger partial charge is 0.394 e. The van der Waals surface area contributed by atoms with Crippen LogP contribution in [0.4, 0.5) is 0 Å². The minimum atomic E-state index is -1.66. The van der Waals surface area contributed by atoms with Gasteiger partial charge < -0.3 is 77.6 Å². The molecule has 194 valence electrons. The smallest absolute Gasteiger partial charge is 0.187 e. The number of nitrogens with two attached hydrogens (primary N) is 4. The average molecular weight is 485 g/mol. The first-order valence-electron chi connectivity index (χ1n) is 10.8. The molecule has 0 spiro atoms. The monoisotopic (exact) mass is 484 g/mol. The zero-order valence-electron chi connectivity index (χ0n) is 17.9. The van der Waals surface area contributed by atoms with E-state index in [2.05, 4.69) is 0 Å². The molecule has 15 heteroatoms. The Morgan fingerprint density at radius 3 is 1.70 bits per heavy atom. The molecule has 15 nitrogen and oxygen atoms in total. The second kappa shape index (κ2) is 11.0. The molecule has 0 aromatic heterocycles. The topological polar surface area (TPSA) is 283 Å². The summed E-state index contributed by atoms with van der Waals surface area (Å²) in [6, 6.07) is -2.86. The van der Waals surface area contributed by atoms with Gasteiger partial charge in [0, 0.05) is 18.6 Å². The van der Waals surface area contributed by atoms with Crippen LogP contribution < -0.4 is 22.9 Å². The molecule has 1 aliphatic carbocycles. The summed E-state index contributed by atoms with van der Waals surface area (Å²) in [4.78, 5) is 0. The van der Waals surface area contributed by atoms with Crippen LogP contribution in [0.25, 0.3) is 0 Å². The highest BCUT2D eigenvalue weighted by molar-refractivity contribution is 5.01. The number of hydrogen-bond acceptors (Lipinski definition) is 15. The third kappa shape index (κ3) is 5.32. The van der Waals surface area contributed by atoms with E-state index < -0.39 is 98.4 Å². The van der Waals surface area contributed by atoms with Gasteiger partial charge >= 0.3 is 0 Å². The van der Waals surface area contributed by atoms with Crippen molar-refractivity contribution in [2.75, 3.05) is 13.2 Å². The molecule has 1 saturated carbocycles. The zero-order chi connectivity index (χ0) is 24.6. The fraction of sp³-hybridized carbons (Fsp3) is 1.00. The Bertz CT molecular complexity index is 584. The van der Waals surface area contributed by atoms with Crippen LogP contribution in [0.5, 0.6) is 0 Å². The van der Waals surface area contributed by atoms with E-state index in [-0.39, 0.29) is 13.0 Å². The number of aliphatic hydroxyl groups excluding tert-OH is 7. The van der Waals surface area contributed by atoms with Crippen LogP contribution in [0.2, 0.25) is 0 Å². The molecule has 3 aliphatic rings. The second-order valence-electron chi connectivity index (χ2n) is 8.79. The Balaban J connectivity index is 1.72. The summed E-state index contributed by atoms with van der Waals surface area (Å²) in [7, 11) is 0. The van der Waals surface area contributed by atoms with Crippen molar-refractivity contribution in [2.45, 2.75) is 98.2 Å². The SMILES string of the molecule is NCC1OC(OC2C(N)C[C@H](N)C(OC3OC(CO)C(O)C(N)C3O)C2O)C(O)C(O)C1O. The van der Waals surface area contributed by atoms with Gasteiger partial charge in [-0.2, -0.15) is 0 Å². The maximum Gasteiger partial charge on any atom is 0.187 e. The Labute approximate surface area is 189 Å². The van der Waals surface area contributed by atoms with E-state index in [0.717, 1.165) is 0 Å². The molecule has 15 N–H and O–H groups in total. The molecule has 3 rings (SSSR count). The summed E-state index contributed by atoms with van der Waals surface area (Å²) in [6.07, 6.45) is -16.5. The maximum absolute atomic E-state index is 10.9. The predicted octanol–water partition coefficient (Wildman–Crippen LogP) is -7.29. The highest BCUT2D eigenvalue weighted by atomic mass is 16.7. The van der Waals surface area contributed by atoms with Gasteiger partial charge in [0.15, 0.2) is 12.6 Å². The lowest BCUT2D eigenvalue weighted by molar-refractivity contribution is -0.332. The van der Waals surface area contributed by atoms with Crippen LogP contribution in [0.1, 0.15) is 6.42 Å². The fourth-order valence-corrected chi connectivity index (χ4v) is 4.40. The first kappa shape index (κ1) is 27.0. The molecule has 0 bridgehead atoms. The van der Waals surface area contributed by atoms with E-state index in [1.54, 1.807) is 0 Å². The number of ether oxygens (including phenoxy) is 4. The molecular weight excluding hydrogens is 448 g/mol. The van der Waals surface area contributed by atoms with E-state index >= 15 is 0 Å². The molecule has 3 fully saturated rings. The van der Waals surface area contributed by atoms with Gasteiger partial charge in [0.25, 0.3) is 0 Å². The average Bonchev–Trinajstić information content (AvgIpc) is 2.79. The highest BCUT2D eigenvalue weighted by Gasteiger charge is 2.51. The Kier molecular flexibility index (Phi) is 8.99. The van der Waals surface area contributed by atoms with Crippen molar-refractivity contribution in [3.05, 3.63) is 0 Å². The molecule has 0 radical (unpaired) electrons. The lowest BCUT2D eigenvalue weighted by Crippen LogP contribution is -2.68. The third-order valence-electron chi connectivity index (χ3n) is 6.48. The second-order valence-corrected chi connectivity index (χ2v) is 8.79. The lowest BCUT2D eigenvalue weighted by Gasteiger charge is -2.48. The summed E-state index contributed by atoms with van der Waals surface area (Å²) < 4.78 is 22.2. The first-order chi connectivity index (χ1) is 15.5. The van der Waals surface area contributed by atoms with Crippen LogP contribution >= 0.6 is 0 Å². The normalized spacial score (nSPS) is 53.7. The van der Waals surface area contributed by atoms with Crippen LogP contribution in [0.15, 0.2) is 0 Å². The Hall–Kier alpha value is -0.600. The first-order valence-corrected chi connectivity index (χ1v) is 10.8. The number of aliphatic hydroxyl groups is 7. The lowest BCUT2D eigenvalue weighted by atomic mass is 9.84. The summed E-state index contributed by atoms with van der Waals surface area (Å²) in [5, 5.41) is 70.9. The molecule has 0 aromatic rings. The number of hydrogen-bond donors (Lipinski definition) is 11. The maximum atomic E-state index is 10.9. The molecule has 2 aliphatic heterocycles. The van der Waals surface area contributed by atoms with Crippen LogP contribution in [0.3, 0.4) is 0 Å². The number of rotatable bonds is 6. The third-order valence-corrected chi connectivity index (χ3v) is 6.48. The predicted molar refractivity (Wildman–Crippen MR) is 108 cm³/mol. The quantitative estimate of drug-likeness (QED) is 0.167. The molecule has 14 unspecified atom stereocenters. The van der Waals surface area contributed by atoms with E-state index in [0.29, 0.717) is 0 Å². The van der Waals surface area contributed by atoms with Crippen molar-refractivity contribution >= 4 is 0 Å². The molecule has 33 heavy (non-hydrogen) atoms. The van der Waals surface area contributed by atoms with Crippen LogP contribution in [0, 0.1) is 0 Å². The Morgan fingerprint density at radius 2 is 1.18 bits per heavy atom. The van der Waals surface area contributed by atoms with Gasteiger partial charge in [0.2, 0.25) is 0 Å². The molecular formula is C18H36N4O11. The summed E-state index contributed by atoms with van der Waals surface area (Å²) >= 11 is 0. The summed E-state index contributed by atoms with van der Waals surface area (Å²) in [5.41, 5.74) is 23.5. The van der Waals surface area contributed by atoms with Crippen molar-refractivity contribution in [3.8, 4) is 0 Å². The molecule has 15 atom stereocenters. The van der Waals surface area contributed by atoms with Crippen molar-refractivity contribution in [2.24, 2.45) is 22.9 Å². The van der Waals surface area contributed by atoms with E-state index in [1.807, 2.05) is 0 Å². The fourth-order valence-electron chi connectivity index (χ4n) is 4.40. The van der Waals surface area contributed by atoms with Gasteiger partial charge in [-0.25, -0.2) is 0 Å². The van der Waals surface area contributed by atoms with Gasteiger partial charge in [-0.05, 0) is 6.42 Å². The standard InChI is InChI=1S/C18H36N4O11/c19-2-6-10(25)12(27)13(28)18(30-6)33-16-5(21)1-4(20)15(14(16)29)32-17-11(26)8(22)9(24)7(3-23)31-17/h4-18,23-29H,1-3,19-22H2/t4-,5?,6?,7?,8?,9?,10?,11?,12?,13?,14?,15?,16?,17?,18?/m0/s1. The van der Waals surface area contributed by atoms with Gasteiger partial charge in [-0.15, -0.1) is 0 Å². The van der Waals surface area contributed by atoms with Gasteiger partial charge in [0.05, 0.1) is 12.6 Å². The molecule has 2 saturated heterocycles. The summed E-state index contributed by atoms with van der Waals surface area (Å²) in [6.45, 7) is -0.763. The summed E-state index contributed by atoms with van der Waals surface area (Å²) in [5.74, 6) is 0. The highest BCUT2D eigenvalue weighted by Crippen LogP contribution is 2.31. The van der Waals surface area contributed by atoms with Crippen LogP contribution in [-0.2, 0) is 18.9 Å². The van der Waals surface area contributed by atoms with Crippen molar-refractivity contribution < 1.29 is 54.7 Å². The van der Waals surface area contributed by atoms with E-state index in [4.69, 9.17) is 41.9 Å². The van der Waals surface area contributed by atoms with Crippen molar-refractivity contribution in [3.63, 3.8) is 0 Å². The minimum Gasteiger partial charge on any atom is -0.394 e. The van der Waals surface area contributed by atoms with Gasteiger partial charge in [-0.3, -0.25) is 0 Å². The van der Waals surface area contributed by atoms with Crippen LogP contribution in [-0.4, -0.2) is 141 Å². The van der Waals surface area contributed by atoms with E-state index in [1.165, 1.54) is 0 Å². The molecule has 0 aromatic carbocycles. The minimum absolute atomic E-state index is 0.0849. The van der Waals surface area contributed by atoms with E-state index in [9.17, 15) is 35.7 Å². The van der Waals surface area contributed by atoms with Crippen molar-refractivity contribution in [1.82, 2.24) is 0 Å². The molecule has 2 heterocycles.